The summed E-state index contributed by atoms with van der Waals surface area (Å²) < 4.78 is 15.5. The lowest BCUT2D eigenvalue weighted by atomic mass is 10.2. The molecule has 1 aliphatic rings. The summed E-state index contributed by atoms with van der Waals surface area (Å²) in [5.41, 5.74) is 0.802. The van der Waals surface area contributed by atoms with E-state index >= 15 is 0 Å². The van der Waals surface area contributed by atoms with Crippen molar-refractivity contribution in [2.75, 3.05) is 24.5 Å². The van der Waals surface area contributed by atoms with Crippen molar-refractivity contribution in [2.45, 2.75) is 0 Å². The second kappa shape index (κ2) is 6.59. The molecular formula is C15H13N3O5S. The molecule has 2 N–H and O–H groups in total. The standard InChI is InChI=1S/C15H13N3O5S/c1-21-10-3-4-11(12(7-10)18(19)20)17-15(24)16-9-2-5-13-14(6-9)23-8-22-13/h2-7H,8H2,1H3,(H2,16,17,24). The third-order valence-corrected chi connectivity index (χ3v) is 3.48. The number of hydrogen-bond donors (Lipinski definition) is 2. The lowest BCUT2D eigenvalue weighted by Crippen LogP contribution is -2.19. The van der Waals surface area contributed by atoms with Crippen LogP contribution in [0.2, 0.25) is 0 Å². The molecule has 1 aliphatic heterocycles. The van der Waals surface area contributed by atoms with Gasteiger partial charge in [-0.15, -0.1) is 0 Å². The summed E-state index contributed by atoms with van der Waals surface area (Å²) in [6.45, 7) is 0.180. The minimum absolute atomic E-state index is 0.135. The van der Waals surface area contributed by atoms with Crippen LogP contribution in [0.1, 0.15) is 0 Å². The van der Waals surface area contributed by atoms with E-state index in [1.54, 1.807) is 24.3 Å². The average molecular weight is 347 g/mol. The van der Waals surface area contributed by atoms with Crippen LogP contribution in [-0.4, -0.2) is 23.9 Å². The van der Waals surface area contributed by atoms with Gasteiger partial charge in [-0.2, -0.15) is 0 Å². The Labute approximate surface area is 142 Å². The van der Waals surface area contributed by atoms with Gasteiger partial charge in [0.05, 0.1) is 18.1 Å². The smallest absolute Gasteiger partial charge is 0.296 e. The Morgan fingerprint density at radius 2 is 2.00 bits per heavy atom. The predicted molar refractivity (Wildman–Crippen MR) is 92.1 cm³/mol. The number of nitro benzene ring substituents is 1. The topological polar surface area (TPSA) is 94.9 Å². The molecule has 0 fully saturated rings. The van der Waals surface area contributed by atoms with Crippen LogP contribution in [0.15, 0.2) is 36.4 Å². The quantitative estimate of drug-likeness (QED) is 0.495. The third kappa shape index (κ3) is 3.30. The van der Waals surface area contributed by atoms with Gasteiger partial charge in [-0.05, 0) is 36.5 Å². The van der Waals surface area contributed by atoms with Gasteiger partial charge in [0.25, 0.3) is 5.69 Å². The fourth-order valence-corrected chi connectivity index (χ4v) is 2.38. The van der Waals surface area contributed by atoms with Crippen molar-refractivity contribution >= 4 is 34.4 Å². The largest absolute Gasteiger partial charge is 0.496 e. The van der Waals surface area contributed by atoms with Gasteiger partial charge in [0.1, 0.15) is 11.4 Å². The molecular weight excluding hydrogens is 334 g/mol. The van der Waals surface area contributed by atoms with E-state index in [0.717, 1.165) is 0 Å². The van der Waals surface area contributed by atoms with Crippen LogP contribution in [0.4, 0.5) is 17.1 Å². The SMILES string of the molecule is COc1ccc(NC(=S)Nc2ccc3c(c2)OCO3)c([N+](=O)[O-])c1. The molecule has 0 atom stereocenters. The zero-order valence-electron chi connectivity index (χ0n) is 12.6. The molecule has 0 radical (unpaired) electrons. The van der Waals surface area contributed by atoms with Gasteiger partial charge in [-0.3, -0.25) is 10.1 Å². The third-order valence-electron chi connectivity index (χ3n) is 3.28. The number of anilines is 2. The molecule has 0 saturated carbocycles. The summed E-state index contributed by atoms with van der Waals surface area (Å²) in [5.74, 6) is 1.66. The predicted octanol–water partition coefficient (Wildman–Crippen LogP) is 3.14. The first-order chi connectivity index (χ1) is 11.6. The van der Waals surface area contributed by atoms with Crippen LogP contribution >= 0.6 is 12.2 Å². The minimum Gasteiger partial charge on any atom is -0.496 e. The molecule has 0 saturated heterocycles. The Morgan fingerprint density at radius 3 is 2.75 bits per heavy atom. The summed E-state index contributed by atoms with van der Waals surface area (Å²) in [6, 6.07) is 9.72. The Kier molecular flexibility index (Phi) is 4.34. The zero-order valence-corrected chi connectivity index (χ0v) is 13.4. The Hall–Kier alpha value is -3.07. The van der Waals surface area contributed by atoms with Crippen molar-refractivity contribution in [3.63, 3.8) is 0 Å². The maximum absolute atomic E-state index is 11.2. The maximum atomic E-state index is 11.2. The highest BCUT2D eigenvalue weighted by molar-refractivity contribution is 7.80. The highest BCUT2D eigenvalue weighted by Gasteiger charge is 2.17. The lowest BCUT2D eigenvalue weighted by Gasteiger charge is -2.12. The molecule has 0 amide bonds. The summed E-state index contributed by atoms with van der Waals surface area (Å²) in [5, 5.41) is 17.1. The highest BCUT2D eigenvalue weighted by atomic mass is 32.1. The second-order valence-electron chi connectivity index (χ2n) is 4.79. The second-order valence-corrected chi connectivity index (χ2v) is 5.20. The first-order valence-corrected chi connectivity index (χ1v) is 7.28. The first-order valence-electron chi connectivity index (χ1n) is 6.87. The van der Waals surface area contributed by atoms with Gasteiger partial charge in [0.2, 0.25) is 6.79 Å². The van der Waals surface area contributed by atoms with E-state index in [4.69, 9.17) is 26.4 Å². The fraction of sp³-hybridized carbons (Fsp3) is 0.133. The molecule has 0 aliphatic carbocycles. The molecule has 1 heterocycles. The molecule has 0 spiro atoms. The van der Waals surface area contributed by atoms with E-state index in [0.29, 0.717) is 22.9 Å². The summed E-state index contributed by atoms with van der Waals surface area (Å²) in [6.07, 6.45) is 0. The van der Waals surface area contributed by atoms with Crippen molar-refractivity contribution in [3.05, 3.63) is 46.5 Å². The van der Waals surface area contributed by atoms with Crippen LogP contribution in [0.5, 0.6) is 17.2 Å². The van der Waals surface area contributed by atoms with Gasteiger partial charge in [0, 0.05) is 11.8 Å². The molecule has 2 aromatic carbocycles. The minimum atomic E-state index is -0.506. The molecule has 124 valence electrons. The number of fused-ring (bicyclic) bond motifs is 1. The monoisotopic (exact) mass is 347 g/mol. The van der Waals surface area contributed by atoms with Crippen LogP contribution in [-0.2, 0) is 0 Å². The van der Waals surface area contributed by atoms with E-state index in [1.165, 1.54) is 19.2 Å². The van der Waals surface area contributed by atoms with E-state index in [1.807, 2.05) is 0 Å². The Morgan fingerprint density at radius 1 is 1.21 bits per heavy atom. The van der Waals surface area contributed by atoms with Crippen molar-refractivity contribution in [3.8, 4) is 17.2 Å². The highest BCUT2D eigenvalue weighted by Crippen LogP contribution is 2.34. The average Bonchev–Trinajstić information content (AvgIpc) is 3.02. The number of methoxy groups -OCH3 is 1. The van der Waals surface area contributed by atoms with E-state index in [9.17, 15) is 10.1 Å². The number of thiocarbonyl (C=S) groups is 1. The van der Waals surface area contributed by atoms with Gasteiger partial charge >= 0.3 is 0 Å². The van der Waals surface area contributed by atoms with Gasteiger partial charge in [-0.25, -0.2) is 0 Å². The van der Waals surface area contributed by atoms with Crippen LogP contribution in [0.25, 0.3) is 0 Å². The molecule has 0 aromatic heterocycles. The molecule has 3 rings (SSSR count). The van der Waals surface area contributed by atoms with Crippen molar-refractivity contribution in [1.29, 1.82) is 0 Å². The molecule has 0 unspecified atom stereocenters. The van der Waals surface area contributed by atoms with Gasteiger partial charge < -0.3 is 24.8 Å². The van der Waals surface area contributed by atoms with E-state index in [-0.39, 0.29) is 23.3 Å². The van der Waals surface area contributed by atoms with Crippen LogP contribution < -0.4 is 24.8 Å². The molecule has 0 bridgehead atoms. The molecule has 8 nitrogen and oxygen atoms in total. The Balaban J connectivity index is 1.74. The number of rotatable bonds is 4. The summed E-state index contributed by atoms with van der Waals surface area (Å²) in [7, 11) is 1.44. The first kappa shape index (κ1) is 15.8. The zero-order chi connectivity index (χ0) is 17.1. The summed E-state index contributed by atoms with van der Waals surface area (Å²) in [4.78, 5) is 10.7. The lowest BCUT2D eigenvalue weighted by molar-refractivity contribution is -0.384. The van der Waals surface area contributed by atoms with E-state index < -0.39 is 4.92 Å². The van der Waals surface area contributed by atoms with Crippen molar-refractivity contribution < 1.29 is 19.1 Å². The number of ether oxygens (including phenoxy) is 3. The van der Waals surface area contributed by atoms with Crippen LogP contribution in [0.3, 0.4) is 0 Å². The number of nitrogens with one attached hydrogen (secondary N) is 2. The van der Waals surface area contributed by atoms with Crippen molar-refractivity contribution in [1.82, 2.24) is 0 Å². The molecule has 2 aromatic rings. The maximum Gasteiger partial charge on any atom is 0.296 e. The van der Waals surface area contributed by atoms with Gasteiger partial charge in [0.15, 0.2) is 16.6 Å². The number of benzene rings is 2. The number of nitro groups is 1. The number of hydrogen-bond acceptors (Lipinski definition) is 6. The molecule has 9 heteroatoms. The van der Waals surface area contributed by atoms with Crippen LogP contribution in [0, 0.1) is 10.1 Å². The van der Waals surface area contributed by atoms with Gasteiger partial charge in [-0.1, -0.05) is 0 Å². The van der Waals surface area contributed by atoms with E-state index in [2.05, 4.69) is 10.6 Å². The molecule has 24 heavy (non-hydrogen) atoms. The summed E-state index contributed by atoms with van der Waals surface area (Å²) >= 11 is 5.21. The fourth-order valence-electron chi connectivity index (χ4n) is 2.15. The normalized spacial score (nSPS) is 11.7. The number of nitrogens with zero attached hydrogens (tertiary/aromatic N) is 1. The Bertz CT molecular complexity index is 812. The van der Waals surface area contributed by atoms with Crippen molar-refractivity contribution in [2.24, 2.45) is 0 Å².